The van der Waals surface area contributed by atoms with Gasteiger partial charge in [-0.25, -0.2) is 8.78 Å². The lowest BCUT2D eigenvalue weighted by Crippen LogP contribution is -2.09. The first kappa shape index (κ1) is 10.2. The van der Waals surface area contributed by atoms with Crippen LogP contribution in [0.4, 0.5) is 8.78 Å². The van der Waals surface area contributed by atoms with Crippen LogP contribution < -0.4 is 0 Å². The molecule has 0 amide bonds. The highest BCUT2D eigenvalue weighted by Crippen LogP contribution is 2.19. The van der Waals surface area contributed by atoms with Gasteiger partial charge in [0.1, 0.15) is 0 Å². The van der Waals surface area contributed by atoms with Crippen molar-refractivity contribution in [2.24, 2.45) is 0 Å². The second-order valence-corrected chi connectivity index (χ2v) is 3.76. The van der Waals surface area contributed by atoms with Gasteiger partial charge in [-0.05, 0) is 24.9 Å². The molecule has 0 nitrogen and oxygen atoms in total. The van der Waals surface area contributed by atoms with Gasteiger partial charge in [0.05, 0.1) is 0 Å². The molecule has 0 unspecified atom stereocenters. The van der Waals surface area contributed by atoms with Crippen LogP contribution >= 0.6 is 11.8 Å². The third-order valence-corrected chi connectivity index (χ3v) is 2.09. The zero-order chi connectivity index (χ0) is 8.04. The third kappa shape index (κ3) is 8.21. The van der Waals surface area contributed by atoms with Gasteiger partial charge in [-0.2, -0.15) is 11.8 Å². The molecule has 0 atom stereocenters. The summed E-state index contributed by atoms with van der Waals surface area (Å²) in [7, 11) is 0. The largest absolute Gasteiger partial charge is 0.245 e. The van der Waals surface area contributed by atoms with Crippen LogP contribution in [0.15, 0.2) is 0 Å². The van der Waals surface area contributed by atoms with Crippen LogP contribution in [0.1, 0.15) is 26.7 Å². The summed E-state index contributed by atoms with van der Waals surface area (Å²) in [6.45, 7) is 3.01. The summed E-state index contributed by atoms with van der Waals surface area (Å²) in [6.07, 6.45) is 0.655. The predicted octanol–water partition coefficient (Wildman–Crippen LogP) is 3.17. The fraction of sp³-hybridized carbons (Fsp3) is 1.00. The number of hydrogen-bond acceptors (Lipinski definition) is 1. The molecule has 0 N–H and O–H groups in total. The SMILES string of the molecule is CCSCCCC(C)(F)F. The summed E-state index contributed by atoms with van der Waals surface area (Å²) in [6, 6.07) is 0. The minimum atomic E-state index is -2.46. The molecule has 10 heavy (non-hydrogen) atoms. The molecule has 0 heterocycles. The van der Waals surface area contributed by atoms with E-state index in [2.05, 4.69) is 0 Å². The van der Waals surface area contributed by atoms with Crippen LogP contribution in [0, 0.1) is 0 Å². The quantitative estimate of drug-likeness (QED) is 0.568. The van der Waals surface area contributed by atoms with Crippen molar-refractivity contribution in [1.82, 2.24) is 0 Å². The molecule has 0 aromatic heterocycles. The molecular weight excluding hydrogens is 154 g/mol. The van der Waals surface area contributed by atoms with E-state index >= 15 is 0 Å². The molecule has 0 bridgehead atoms. The van der Waals surface area contributed by atoms with E-state index in [4.69, 9.17) is 0 Å². The van der Waals surface area contributed by atoms with Gasteiger partial charge in [0, 0.05) is 6.42 Å². The first-order valence-electron chi connectivity index (χ1n) is 3.52. The zero-order valence-corrected chi connectivity index (χ0v) is 7.31. The van der Waals surface area contributed by atoms with Crippen molar-refractivity contribution in [3.05, 3.63) is 0 Å². The summed E-state index contributed by atoms with van der Waals surface area (Å²) >= 11 is 1.72. The summed E-state index contributed by atoms with van der Waals surface area (Å²) in [5.41, 5.74) is 0. The highest BCUT2D eigenvalue weighted by atomic mass is 32.2. The molecule has 0 saturated heterocycles. The van der Waals surface area contributed by atoms with Crippen LogP contribution in [0.2, 0.25) is 0 Å². The second-order valence-electron chi connectivity index (χ2n) is 2.37. The second kappa shape index (κ2) is 4.94. The van der Waals surface area contributed by atoms with E-state index in [1.165, 1.54) is 0 Å². The van der Waals surface area contributed by atoms with Gasteiger partial charge < -0.3 is 0 Å². The molecule has 0 saturated carbocycles. The monoisotopic (exact) mass is 168 g/mol. The molecule has 62 valence electrons. The van der Waals surface area contributed by atoms with Crippen molar-refractivity contribution < 1.29 is 8.78 Å². The Morgan fingerprint density at radius 3 is 2.40 bits per heavy atom. The molecule has 0 aromatic rings. The minimum absolute atomic E-state index is 0.0278. The van der Waals surface area contributed by atoms with E-state index in [9.17, 15) is 8.78 Å². The van der Waals surface area contributed by atoms with Gasteiger partial charge in [-0.15, -0.1) is 0 Å². The molecule has 0 radical (unpaired) electrons. The molecule has 3 heteroatoms. The van der Waals surface area contributed by atoms with Gasteiger partial charge in [0.2, 0.25) is 5.92 Å². The predicted molar refractivity (Wildman–Crippen MR) is 42.9 cm³/mol. The topological polar surface area (TPSA) is 0 Å². The molecular formula is C7H14F2S. The Morgan fingerprint density at radius 1 is 1.40 bits per heavy atom. The number of hydrogen-bond donors (Lipinski definition) is 0. The number of thioether (sulfide) groups is 1. The highest BCUT2D eigenvalue weighted by Gasteiger charge is 2.19. The number of rotatable bonds is 5. The molecule has 0 rings (SSSR count). The van der Waals surface area contributed by atoms with Crippen LogP contribution in [0.25, 0.3) is 0 Å². The number of halogens is 2. The van der Waals surface area contributed by atoms with Crippen LogP contribution in [-0.4, -0.2) is 17.4 Å². The Bertz CT molecular complexity index is 78.2. The average Bonchev–Trinajstić information content (AvgIpc) is 1.78. The molecule has 0 aliphatic heterocycles. The maximum Gasteiger partial charge on any atom is 0.245 e. The van der Waals surface area contributed by atoms with Gasteiger partial charge in [-0.3, -0.25) is 0 Å². The fourth-order valence-corrected chi connectivity index (χ4v) is 1.27. The van der Waals surface area contributed by atoms with E-state index in [1.807, 2.05) is 6.92 Å². The van der Waals surface area contributed by atoms with E-state index < -0.39 is 5.92 Å². The summed E-state index contributed by atoms with van der Waals surface area (Å²) in [5, 5.41) is 0. The third-order valence-electron chi connectivity index (χ3n) is 1.11. The van der Waals surface area contributed by atoms with E-state index in [0.717, 1.165) is 18.4 Å². The fourth-order valence-electron chi connectivity index (χ4n) is 0.629. The lowest BCUT2D eigenvalue weighted by atomic mass is 10.2. The molecule has 0 fully saturated rings. The summed E-state index contributed by atoms with van der Waals surface area (Å²) < 4.78 is 24.3. The maximum absolute atomic E-state index is 12.1. The molecule has 0 aromatic carbocycles. The van der Waals surface area contributed by atoms with Gasteiger partial charge in [-0.1, -0.05) is 6.92 Å². The van der Waals surface area contributed by atoms with E-state index in [-0.39, 0.29) is 6.42 Å². The Hall–Kier alpha value is 0.210. The van der Waals surface area contributed by atoms with Crippen LogP contribution in [0.5, 0.6) is 0 Å². The van der Waals surface area contributed by atoms with Crippen molar-refractivity contribution in [3.8, 4) is 0 Å². The highest BCUT2D eigenvalue weighted by molar-refractivity contribution is 7.99. The lowest BCUT2D eigenvalue weighted by Gasteiger charge is -2.08. The van der Waals surface area contributed by atoms with E-state index in [0.29, 0.717) is 6.42 Å². The Morgan fingerprint density at radius 2 is 2.00 bits per heavy atom. The normalized spacial score (nSPS) is 12.0. The van der Waals surface area contributed by atoms with Gasteiger partial charge in [0.15, 0.2) is 0 Å². The summed E-state index contributed by atoms with van der Waals surface area (Å²) in [5.74, 6) is -0.580. The standard InChI is InChI=1S/C7H14F2S/c1-3-10-6-4-5-7(2,8)9/h3-6H2,1-2H3. The molecule has 0 spiro atoms. The first-order chi connectivity index (χ1) is 4.56. The maximum atomic E-state index is 12.1. The Balaban J connectivity index is 3.04. The van der Waals surface area contributed by atoms with Gasteiger partial charge >= 0.3 is 0 Å². The van der Waals surface area contributed by atoms with Crippen molar-refractivity contribution in [2.75, 3.05) is 11.5 Å². The number of alkyl halides is 2. The van der Waals surface area contributed by atoms with Crippen molar-refractivity contribution in [1.29, 1.82) is 0 Å². The smallest absolute Gasteiger partial charge is 0.207 e. The Labute approximate surface area is 65.4 Å². The molecule has 0 aliphatic carbocycles. The molecule has 0 aliphatic rings. The lowest BCUT2D eigenvalue weighted by molar-refractivity contribution is 0.0126. The van der Waals surface area contributed by atoms with Crippen molar-refractivity contribution in [2.45, 2.75) is 32.6 Å². The summed E-state index contributed by atoms with van der Waals surface area (Å²) in [4.78, 5) is 0. The minimum Gasteiger partial charge on any atom is -0.207 e. The van der Waals surface area contributed by atoms with Gasteiger partial charge in [0.25, 0.3) is 0 Å². The Kier molecular flexibility index (Phi) is 5.04. The van der Waals surface area contributed by atoms with E-state index in [1.54, 1.807) is 11.8 Å². The average molecular weight is 168 g/mol. The van der Waals surface area contributed by atoms with Crippen molar-refractivity contribution in [3.63, 3.8) is 0 Å². The zero-order valence-electron chi connectivity index (χ0n) is 6.49. The first-order valence-corrected chi connectivity index (χ1v) is 4.67. The van der Waals surface area contributed by atoms with Crippen LogP contribution in [-0.2, 0) is 0 Å². The van der Waals surface area contributed by atoms with Crippen LogP contribution in [0.3, 0.4) is 0 Å². The van der Waals surface area contributed by atoms with Crippen molar-refractivity contribution >= 4 is 11.8 Å².